The summed E-state index contributed by atoms with van der Waals surface area (Å²) < 4.78 is 22.9. The van der Waals surface area contributed by atoms with Crippen molar-refractivity contribution in [1.82, 2.24) is 29.1 Å². The minimum absolute atomic E-state index is 0.857. The van der Waals surface area contributed by atoms with E-state index in [-0.39, 0.29) is 0 Å². The highest BCUT2D eigenvalue weighted by Gasteiger charge is 2.25. The Kier molecular flexibility index (Phi) is 15.2. The smallest absolute Gasteiger partial charge is 0.147 e. The highest BCUT2D eigenvalue weighted by Crippen LogP contribution is 2.48. The van der Waals surface area contributed by atoms with Crippen LogP contribution in [0.1, 0.15) is 0 Å². The molecule has 0 radical (unpaired) electrons. The van der Waals surface area contributed by atoms with Crippen molar-refractivity contribution in [2.75, 3.05) is 0 Å². The van der Waals surface area contributed by atoms with Gasteiger partial charge in [0.05, 0.1) is 55.3 Å². The number of pyridine rings is 2. The molecule has 24 aromatic rings. The van der Waals surface area contributed by atoms with Crippen molar-refractivity contribution >= 4 is 151 Å². The molecular weight excluding hydrogens is 1430 g/mol. The molecule has 0 saturated carbocycles. The van der Waals surface area contributed by atoms with Crippen molar-refractivity contribution in [1.29, 1.82) is 0 Å². The summed E-state index contributed by atoms with van der Waals surface area (Å²) in [6.45, 7) is 0. The van der Waals surface area contributed by atoms with E-state index in [9.17, 15) is 0 Å². The lowest BCUT2D eigenvalue weighted by Crippen LogP contribution is -1.97. The first kappa shape index (κ1) is 65.2. The van der Waals surface area contributed by atoms with Crippen LogP contribution in [0.15, 0.2) is 385 Å². The van der Waals surface area contributed by atoms with Crippen molar-refractivity contribution in [3.63, 3.8) is 0 Å². The maximum absolute atomic E-state index is 6.62. The van der Waals surface area contributed by atoms with Crippen molar-refractivity contribution in [2.24, 2.45) is 0 Å². The number of benzene rings is 16. The first-order chi connectivity index (χ1) is 56.5. The summed E-state index contributed by atoms with van der Waals surface area (Å²) in [7, 11) is 0. The van der Waals surface area contributed by atoms with Crippen LogP contribution in [0.5, 0.6) is 0 Å². The lowest BCUT2D eigenvalue weighted by atomic mass is 9.92. The molecule has 8 nitrogen and oxygen atoms in total. The monoisotopic (exact) mass is 1490 g/mol. The lowest BCUT2D eigenvalue weighted by Gasteiger charge is -2.14. The fourth-order valence-electron chi connectivity index (χ4n) is 17.0. The second kappa shape index (κ2) is 26.5. The molecule has 532 valence electrons. The topological polar surface area (TPSA) is 87.7 Å². The average molecular weight is 1490 g/mol. The van der Waals surface area contributed by atoms with Gasteiger partial charge < -0.3 is 8.83 Å². The lowest BCUT2D eigenvalue weighted by molar-refractivity contribution is 0.672. The number of fused-ring (bicyclic) bond motifs is 18. The zero-order valence-corrected chi connectivity index (χ0v) is 62.7. The van der Waals surface area contributed by atoms with Crippen LogP contribution in [-0.2, 0) is 0 Å². The third kappa shape index (κ3) is 10.9. The van der Waals surface area contributed by atoms with Gasteiger partial charge in [0, 0.05) is 95.5 Å². The van der Waals surface area contributed by atoms with Crippen molar-refractivity contribution < 1.29 is 8.83 Å². The number of thiophene rings is 2. The number of para-hydroxylation sites is 8. The van der Waals surface area contributed by atoms with E-state index in [1.807, 2.05) is 83.3 Å². The Balaban J connectivity index is 0.000000135. The van der Waals surface area contributed by atoms with E-state index >= 15 is 0 Å². The van der Waals surface area contributed by atoms with Gasteiger partial charge in [0.25, 0.3) is 0 Å². The maximum atomic E-state index is 6.62. The molecule has 0 bridgehead atoms. The molecule has 8 heterocycles. The van der Waals surface area contributed by atoms with Crippen molar-refractivity contribution in [2.45, 2.75) is 0 Å². The molecule has 114 heavy (non-hydrogen) atoms. The first-order valence-corrected chi connectivity index (χ1v) is 39.9. The highest BCUT2D eigenvalue weighted by atomic mass is 32.1. The SMILES string of the molecule is c1ccc(-c2nc3ccccc3n2-c2ccc(-c3cc(-c4ccc5sc6ccccc6c5c4)cc(-c4nc5ccccc5c5oc6ccccc6c45)c3)cc2)cc1.c1ccc(-c2nc3ccccc3n2-c2ccc(-c3cc(-c4cccc5c4sc4ccccc45)cc(-c4nc5ccccc5c5oc6ccccc6c45)c3)cc2)cc1. The second-order valence-corrected chi connectivity index (χ2v) is 31.2. The molecule has 16 aromatic carbocycles. The molecule has 0 amide bonds. The summed E-state index contributed by atoms with van der Waals surface area (Å²) in [6, 6.07) is 133. The molecule has 0 atom stereocenters. The van der Waals surface area contributed by atoms with Gasteiger partial charge in [-0.2, -0.15) is 0 Å². The Hall–Kier alpha value is -14.7. The first-order valence-electron chi connectivity index (χ1n) is 38.3. The molecule has 0 aliphatic rings. The van der Waals surface area contributed by atoms with Gasteiger partial charge in [-0.3, -0.25) is 9.13 Å². The predicted molar refractivity (Wildman–Crippen MR) is 477 cm³/mol. The van der Waals surface area contributed by atoms with Crippen LogP contribution in [0.2, 0.25) is 0 Å². The van der Waals surface area contributed by atoms with E-state index in [2.05, 4.69) is 325 Å². The summed E-state index contributed by atoms with van der Waals surface area (Å²) >= 11 is 3.70. The number of nitrogens with zero attached hydrogens (tertiary/aromatic N) is 6. The third-order valence-electron chi connectivity index (χ3n) is 22.4. The number of furan rings is 2. The molecule has 0 spiro atoms. The maximum Gasteiger partial charge on any atom is 0.147 e. The van der Waals surface area contributed by atoms with Crippen LogP contribution in [0.25, 0.3) is 229 Å². The summed E-state index contributed by atoms with van der Waals surface area (Å²) in [6.07, 6.45) is 0. The Bertz CT molecular complexity index is 7970. The number of aromatic nitrogens is 6. The van der Waals surface area contributed by atoms with Gasteiger partial charge in [0.1, 0.15) is 34.0 Å². The third-order valence-corrected chi connectivity index (χ3v) is 24.7. The number of imidazole rings is 2. The van der Waals surface area contributed by atoms with Crippen LogP contribution in [0, 0.1) is 0 Å². The van der Waals surface area contributed by atoms with Crippen molar-refractivity contribution in [3.05, 3.63) is 376 Å². The largest absolute Gasteiger partial charge is 0.455 e. The van der Waals surface area contributed by atoms with Crippen LogP contribution in [0.3, 0.4) is 0 Å². The Morgan fingerprint density at radius 3 is 1.15 bits per heavy atom. The zero-order valence-electron chi connectivity index (χ0n) is 61.1. The molecule has 8 aromatic heterocycles. The average Bonchev–Trinajstić information content (AvgIpc) is 1.54. The number of hydrogen-bond acceptors (Lipinski definition) is 8. The van der Waals surface area contributed by atoms with E-state index in [4.69, 9.17) is 28.8 Å². The minimum atomic E-state index is 0.857. The van der Waals surface area contributed by atoms with E-state index in [0.717, 1.165) is 183 Å². The van der Waals surface area contributed by atoms with Gasteiger partial charge in [0.15, 0.2) is 0 Å². The number of rotatable bonds is 10. The van der Waals surface area contributed by atoms with Crippen LogP contribution in [0.4, 0.5) is 0 Å². The van der Waals surface area contributed by atoms with E-state index in [1.165, 1.54) is 45.9 Å². The molecule has 0 saturated heterocycles. The zero-order chi connectivity index (χ0) is 74.9. The van der Waals surface area contributed by atoms with E-state index < -0.39 is 0 Å². The second-order valence-electron chi connectivity index (χ2n) is 29.1. The number of hydrogen-bond donors (Lipinski definition) is 0. The standard InChI is InChI=1S/2C52H31N3OS/c1-2-13-33(14-3-1)52-54-44-21-8-9-22-45(44)55(52)37-27-25-32(26-28-37)34-29-35(38-18-12-19-40-39-15-6-11-24-47(39)57-51(38)40)31-36(30-34)49-48-42-17-5-10-23-46(42)56-50(48)41-16-4-7-20-43(41)53-49;1-2-12-33(13-3-1)52-54-44-18-8-9-19-45(44)55(52)38-25-22-32(23-26-38)35-28-36(34-24-27-48-42(31-34)39-14-6-11-21-47(39)57-48)30-37(29-35)50-49-41-16-5-10-20-46(41)56-51(49)40-15-4-7-17-43(40)53-50/h2*1-31H. The fraction of sp³-hybridized carbons (Fsp3) is 0. The van der Waals surface area contributed by atoms with Gasteiger partial charge in [-0.1, -0.05) is 231 Å². The predicted octanol–water partition coefficient (Wildman–Crippen LogP) is 29.0. The fourth-order valence-corrected chi connectivity index (χ4v) is 19.4. The summed E-state index contributed by atoms with van der Waals surface area (Å²) in [5.74, 6) is 1.84. The van der Waals surface area contributed by atoms with Gasteiger partial charge in [-0.15, -0.1) is 22.7 Å². The summed E-state index contributed by atoms with van der Waals surface area (Å²) in [5.41, 5.74) is 26.6. The Morgan fingerprint density at radius 1 is 0.228 bits per heavy atom. The van der Waals surface area contributed by atoms with Crippen molar-refractivity contribution in [3.8, 4) is 101 Å². The summed E-state index contributed by atoms with van der Waals surface area (Å²) in [5, 5.41) is 11.3. The van der Waals surface area contributed by atoms with Crippen LogP contribution in [-0.4, -0.2) is 29.1 Å². The Morgan fingerprint density at radius 2 is 0.614 bits per heavy atom. The van der Waals surface area contributed by atoms with E-state index in [1.54, 1.807) is 0 Å². The normalized spacial score (nSPS) is 11.9. The molecule has 0 unspecified atom stereocenters. The molecule has 0 aliphatic carbocycles. The molecular formula is C104H62N6O2S2. The van der Waals surface area contributed by atoms with Crippen LogP contribution < -0.4 is 0 Å². The van der Waals surface area contributed by atoms with Gasteiger partial charge in [0.2, 0.25) is 0 Å². The van der Waals surface area contributed by atoms with E-state index in [0.29, 0.717) is 0 Å². The highest BCUT2D eigenvalue weighted by molar-refractivity contribution is 7.26. The molecule has 0 aliphatic heterocycles. The molecule has 24 rings (SSSR count). The summed E-state index contributed by atoms with van der Waals surface area (Å²) in [4.78, 5) is 21.0. The molecule has 0 fully saturated rings. The van der Waals surface area contributed by atoms with Gasteiger partial charge >= 0.3 is 0 Å². The van der Waals surface area contributed by atoms with Gasteiger partial charge in [-0.05, 0) is 190 Å². The minimum Gasteiger partial charge on any atom is -0.455 e. The quantitative estimate of drug-likeness (QED) is 0.136. The van der Waals surface area contributed by atoms with Gasteiger partial charge in [-0.25, -0.2) is 19.9 Å². The molecule has 10 heteroatoms. The Labute approximate surface area is 661 Å². The van der Waals surface area contributed by atoms with Crippen LogP contribution >= 0.6 is 22.7 Å². The molecule has 0 N–H and O–H groups in total.